The fourth-order valence-corrected chi connectivity index (χ4v) is 5.47. The van der Waals surface area contributed by atoms with Crippen LogP contribution < -0.4 is 15.4 Å². The number of alkyl halides is 3. The van der Waals surface area contributed by atoms with Gasteiger partial charge in [-0.05, 0) is 56.2 Å². The van der Waals surface area contributed by atoms with Crippen LogP contribution in [0.1, 0.15) is 61.9 Å². The second-order valence-electron chi connectivity index (χ2n) is 11.5. The van der Waals surface area contributed by atoms with Crippen molar-refractivity contribution in [2.45, 2.75) is 64.3 Å². The third-order valence-electron chi connectivity index (χ3n) is 8.19. The lowest BCUT2D eigenvalue weighted by Gasteiger charge is -2.38. The van der Waals surface area contributed by atoms with E-state index in [9.17, 15) is 32.7 Å². The van der Waals surface area contributed by atoms with Crippen molar-refractivity contribution in [1.29, 1.82) is 0 Å². The molecule has 4 rings (SSSR count). The summed E-state index contributed by atoms with van der Waals surface area (Å²) in [6, 6.07) is 8.04. The van der Waals surface area contributed by atoms with Crippen molar-refractivity contribution in [3.8, 4) is 5.75 Å². The summed E-state index contributed by atoms with van der Waals surface area (Å²) in [4.78, 5) is 42.8. The molecule has 0 radical (unpaired) electrons. The first-order valence-corrected chi connectivity index (χ1v) is 14.6. The van der Waals surface area contributed by atoms with Gasteiger partial charge in [0.2, 0.25) is 5.91 Å². The zero-order chi connectivity index (χ0) is 31.3. The molecule has 1 saturated carbocycles. The maximum absolute atomic E-state index is 13.7. The number of carbonyl (C=O) groups excluding carboxylic acids is 3. The van der Waals surface area contributed by atoms with Gasteiger partial charge in [0, 0.05) is 31.1 Å². The zero-order valence-electron chi connectivity index (χ0n) is 24.6. The largest absolute Gasteiger partial charge is 0.485 e. The number of nitrogens with one attached hydrogen (secondary N) is 2. The number of hydrogen-bond acceptors (Lipinski definition) is 5. The summed E-state index contributed by atoms with van der Waals surface area (Å²) in [5.41, 5.74) is -0.0376. The number of hydrogen-bond donors (Lipinski definition) is 3. The van der Waals surface area contributed by atoms with Gasteiger partial charge >= 0.3 is 12.2 Å². The van der Waals surface area contributed by atoms with Crippen molar-refractivity contribution >= 4 is 29.2 Å². The van der Waals surface area contributed by atoms with E-state index in [0.29, 0.717) is 5.69 Å². The summed E-state index contributed by atoms with van der Waals surface area (Å²) in [7, 11) is 1.53. The Hall–Kier alpha value is -3.80. The van der Waals surface area contributed by atoms with Gasteiger partial charge in [-0.1, -0.05) is 32.3 Å². The average Bonchev–Trinajstić information content (AvgIpc) is 2.99. The van der Waals surface area contributed by atoms with E-state index in [1.54, 1.807) is 30.0 Å². The maximum atomic E-state index is 13.7. The molecule has 1 heterocycles. The minimum absolute atomic E-state index is 0.0630. The third kappa shape index (κ3) is 7.78. The maximum Gasteiger partial charge on any atom is 0.416 e. The van der Waals surface area contributed by atoms with Gasteiger partial charge < -0.3 is 30.3 Å². The number of aliphatic hydroxyl groups is 1. The van der Waals surface area contributed by atoms with E-state index in [0.717, 1.165) is 44.2 Å². The number of halogens is 3. The molecular weight excluding hydrogens is 565 g/mol. The van der Waals surface area contributed by atoms with Crippen LogP contribution in [-0.4, -0.2) is 71.6 Å². The van der Waals surface area contributed by atoms with Gasteiger partial charge in [0.1, 0.15) is 6.10 Å². The van der Waals surface area contributed by atoms with Crippen molar-refractivity contribution in [3.63, 3.8) is 0 Å². The predicted octanol–water partition coefficient (Wildman–Crippen LogP) is 5.61. The number of anilines is 2. The van der Waals surface area contributed by atoms with Crippen LogP contribution in [0.4, 0.5) is 29.3 Å². The quantitative estimate of drug-likeness (QED) is 0.381. The van der Waals surface area contributed by atoms with Crippen LogP contribution in [0.2, 0.25) is 0 Å². The normalized spacial score (nSPS) is 20.3. The minimum Gasteiger partial charge on any atom is -0.485 e. The van der Waals surface area contributed by atoms with Crippen molar-refractivity contribution in [2.75, 3.05) is 37.4 Å². The van der Waals surface area contributed by atoms with Crippen molar-refractivity contribution < 1.29 is 37.4 Å². The van der Waals surface area contributed by atoms with E-state index in [1.807, 2.05) is 6.92 Å². The number of ether oxygens (including phenoxy) is 1. The Kier molecular flexibility index (Phi) is 10.2. The predicted molar refractivity (Wildman–Crippen MR) is 156 cm³/mol. The summed E-state index contributed by atoms with van der Waals surface area (Å²) in [5, 5.41) is 15.5. The number of nitrogens with zero attached hydrogens (tertiary/aromatic N) is 2. The monoisotopic (exact) mass is 604 g/mol. The highest BCUT2D eigenvalue weighted by Crippen LogP contribution is 2.36. The van der Waals surface area contributed by atoms with Crippen molar-refractivity contribution in [3.05, 3.63) is 53.6 Å². The molecule has 43 heavy (non-hydrogen) atoms. The number of para-hydroxylation sites is 1. The minimum atomic E-state index is -4.49. The van der Waals surface area contributed by atoms with E-state index >= 15 is 0 Å². The number of aliphatic hydroxyl groups excluding tert-OH is 1. The number of likely N-dealkylation sites (N-methyl/N-ethyl adjacent to an activating group) is 1. The summed E-state index contributed by atoms with van der Waals surface area (Å²) in [5.74, 6) is -0.725. The molecule has 3 N–H and O–H groups in total. The molecule has 1 fully saturated rings. The highest BCUT2D eigenvalue weighted by Gasteiger charge is 2.36. The zero-order valence-corrected chi connectivity index (χ0v) is 24.6. The molecule has 4 amide bonds. The van der Waals surface area contributed by atoms with Crippen LogP contribution >= 0.6 is 0 Å². The number of urea groups is 1. The number of benzene rings is 2. The molecule has 2 aromatic carbocycles. The Morgan fingerprint density at radius 1 is 1.09 bits per heavy atom. The summed E-state index contributed by atoms with van der Waals surface area (Å²) >= 11 is 0. The lowest BCUT2D eigenvalue weighted by atomic mass is 9.88. The Labute approximate surface area is 249 Å². The van der Waals surface area contributed by atoms with E-state index in [-0.39, 0.29) is 60.3 Å². The topological polar surface area (TPSA) is 111 Å². The molecule has 9 nitrogen and oxygen atoms in total. The summed E-state index contributed by atoms with van der Waals surface area (Å²) in [6.45, 7) is 3.64. The molecule has 0 aromatic heterocycles. The number of rotatable bonds is 7. The Bertz CT molecular complexity index is 1300. The summed E-state index contributed by atoms with van der Waals surface area (Å²) < 4.78 is 45.2. The van der Waals surface area contributed by atoms with Crippen molar-refractivity contribution in [1.82, 2.24) is 9.80 Å². The Balaban J connectivity index is 1.58. The molecule has 12 heteroatoms. The molecule has 0 bridgehead atoms. The van der Waals surface area contributed by atoms with Crippen LogP contribution in [0, 0.1) is 11.8 Å². The molecule has 1 aliphatic heterocycles. The molecule has 2 aromatic rings. The third-order valence-corrected chi connectivity index (χ3v) is 8.19. The van der Waals surface area contributed by atoms with Gasteiger partial charge in [0.05, 0.1) is 36.0 Å². The van der Waals surface area contributed by atoms with Crippen LogP contribution in [-0.2, 0) is 11.0 Å². The van der Waals surface area contributed by atoms with E-state index in [4.69, 9.17) is 4.74 Å². The van der Waals surface area contributed by atoms with Gasteiger partial charge in [-0.3, -0.25) is 9.59 Å². The number of fused-ring (bicyclic) bond motifs is 1. The SMILES string of the molecule is C[C@@H]1CN([C@H](C)CO)C(=O)c2cccc(NC(=O)C3CCCCC3)c2O[C@@H]1CN(C)C(=O)Nc1ccc(C(F)(F)F)cc1. The van der Waals surface area contributed by atoms with E-state index < -0.39 is 29.9 Å². The Morgan fingerprint density at radius 3 is 2.40 bits per heavy atom. The number of amides is 4. The number of carbonyl (C=O) groups is 3. The molecule has 3 atom stereocenters. The standard InChI is InChI=1S/C31H39F3N4O5/c1-19-16-38(20(2)18-39)29(41)24-10-7-11-25(36-28(40)21-8-5-4-6-9-21)27(24)43-26(19)17-37(3)30(42)35-23-14-12-22(13-15-23)31(32,33)34/h7,10-15,19-21,26,39H,4-6,8-9,16-18H2,1-3H3,(H,35,42)(H,36,40)/t19-,20-,26-/m1/s1. The molecule has 1 aliphatic carbocycles. The first-order chi connectivity index (χ1) is 20.4. The molecule has 0 spiro atoms. The summed E-state index contributed by atoms with van der Waals surface area (Å²) in [6.07, 6.45) is -0.485. The fourth-order valence-electron chi connectivity index (χ4n) is 5.47. The van der Waals surface area contributed by atoms with Crippen LogP contribution in [0.5, 0.6) is 5.75 Å². The van der Waals surface area contributed by atoms with Gasteiger partial charge in [-0.2, -0.15) is 13.2 Å². The molecule has 0 saturated heterocycles. The lowest BCUT2D eigenvalue weighted by Crippen LogP contribution is -2.50. The Morgan fingerprint density at radius 2 is 1.77 bits per heavy atom. The highest BCUT2D eigenvalue weighted by atomic mass is 19.4. The van der Waals surface area contributed by atoms with Crippen molar-refractivity contribution in [2.24, 2.45) is 11.8 Å². The van der Waals surface area contributed by atoms with E-state index in [1.165, 1.54) is 24.1 Å². The molecule has 0 unspecified atom stereocenters. The second kappa shape index (κ2) is 13.7. The fraction of sp³-hybridized carbons (Fsp3) is 0.516. The van der Waals surface area contributed by atoms with E-state index in [2.05, 4.69) is 10.6 Å². The molecular formula is C31H39F3N4O5. The van der Waals surface area contributed by atoms with Gasteiger partial charge in [0.15, 0.2) is 5.75 Å². The molecule has 2 aliphatic rings. The average molecular weight is 605 g/mol. The van der Waals surface area contributed by atoms with Crippen LogP contribution in [0.25, 0.3) is 0 Å². The van der Waals surface area contributed by atoms with Crippen LogP contribution in [0.3, 0.4) is 0 Å². The van der Waals surface area contributed by atoms with Crippen LogP contribution in [0.15, 0.2) is 42.5 Å². The first-order valence-electron chi connectivity index (χ1n) is 14.6. The molecule has 234 valence electrons. The first kappa shape index (κ1) is 32.1. The van der Waals surface area contributed by atoms with Gasteiger partial charge in [0.25, 0.3) is 5.91 Å². The highest BCUT2D eigenvalue weighted by molar-refractivity contribution is 6.02. The van der Waals surface area contributed by atoms with Gasteiger partial charge in [-0.15, -0.1) is 0 Å². The smallest absolute Gasteiger partial charge is 0.416 e. The van der Waals surface area contributed by atoms with Gasteiger partial charge in [-0.25, -0.2) is 4.79 Å². The lowest BCUT2D eigenvalue weighted by molar-refractivity contribution is -0.137. The second-order valence-corrected chi connectivity index (χ2v) is 11.5.